The highest BCUT2D eigenvalue weighted by atomic mass is 127. The molecule has 1 rings (SSSR count). The lowest BCUT2D eigenvalue weighted by Crippen LogP contribution is -2.47. The van der Waals surface area contributed by atoms with Crippen molar-refractivity contribution in [2.45, 2.75) is 59.5 Å². The number of piperidine rings is 1. The van der Waals surface area contributed by atoms with E-state index < -0.39 is 5.60 Å². The van der Waals surface area contributed by atoms with Crippen molar-refractivity contribution in [3.8, 4) is 0 Å². The van der Waals surface area contributed by atoms with Crippen LogP contribution in [0.25, 0.3) is 0 Å². The van der Waals surface area contributed by atoms with E-state index in [1.165, 1.54) is 0 Å². The molecule has 0 bridgehead atoms. The third kappa shape index (κ3) is 10.8. The maximum Gasteiger partial charge on any atom is 0.410 e. The van der Waals surface area contributed by atoms with E-state index in [0.29, 0.717) is 11.8 Å². The van der Waals surface area contributed by atoms with Crippen LogP contribution in [-0.2, 0) is 4.74 Å². The van der Waals surface area contributed by atoms with Gasteiger partial charge >= 0.3 is 6.09 Å². The minimum atomic E-state index is -0.440. The van der Waals surface area contributed by atoms with Crippen molar-refractivity contribution < 1.29 is 9.53 Å². The summed E-state index contributed by atoms with van der Waals surface area (Å²) in [7, 11) is 1.79. The fraction of sp³-hybridized carbons (Fsp3) is 0.889. The Morgan fingerprint density at radius 3 is 2.56 bits per heavy atom. The number of likely N-dealkylation sites (tertiary alicyclic amines) is 1. The first-order valence-corrected chi connectivity index (χ1v) is 9.13. The van der Waals surface area contributed by atoms with E-state index in [9.17, 15) is 4.79 Å². The van der Waals surface area contributed by atoms with Crippen LogP contribution in [0.3, 0.4) is 0 Å². The molecule has 1 fully saturated rings. The number of carbonyl (C=O) groups is 1. The van der Waals surface area contributed by atoms with Crippen molar-refractivity contribution in [2.75, 3.05) is 33.2 Å². The van der Waals surface area contributed by atoms with E-state index in [2.05, 4.69) is 29.5 Å². The van der Waals surface area contributed by atoms with Gasteiger partial charge in [-0.3, -0.25) is 4.99 Å². The van der Waals surface area contributed by atoms with Gasteiger partial charge in [0.2, 0.25) is 0 Å². The largest absolute Gasteiger partial charge is 0.444 e. The van der Waals surface area contributed by atoms with Crippen LogP contribution in [-0.4, -0.2) is 55.8 Å². The standard InChI is InChI=1S/C18H36N4O2.HI/c1-14(2)9-10-20-16(19-6)21-12-15-8-7-11-22(13-15)17(23)24-18(3,4)5;/h14-15H,7-13H2,1-6H3,(H2,19,20,21);1H. The lowest BCUT2D eigenvalue weighted by molar-refractivity contribution is 0.0168. The van der Waals surface area contributed by atoms with Crippen LogP contribution >= 0.6 is 24.0 Å². The van der Waals surface area contributed by atoms with Crippen LogP contribution in [0, 0.1) is 11.8 Å². The molecule has 1 aliphatic heterocycles. The molecule has 0 aromatic carbocycles. The molecule has 0 spiro atoms. The molecule has 1 aliphatic rings. The Kier molecular flexibility index (Phi) is 11.5. The first-order chi connectivity index (χ1) is 11.2. The average molecular weight is 468 g/mol. The lowest BCUT2D eigenvalue weighted by Gasteiger charge is -2.34. The van der Waals surface area contributed by atoms with E-state index in [0.717, 1.165) is 51.4 Å². The molecular weight excluding hydrogens is 431 g/mol. The smallest absolute Gasteiger partial charge is 0.410 e. The Labute approximate surface area is 170 Å². The SMILES string of the molecule is CN=C(NCCC(C)C)NCC1CCCN(C(=O)OC(C)(C)C)C1.I. The number of aliphatic imine (C=N–C) groups is 1. The molecule has 1 heterocycles. The van der Waals surface area contributed by atoms with Crippen molar-refractivity contribution >= 4 is 36.0 Å². The second-order valence-electron chi connectivity index (χ2n) is 8.00. The second kappa shape index (κ2) is 11.8. The topological polar surface area (TPSA) is 66.0 Å². The van der Waals surface area contributed by atoms with Gasteiger partial charge in [0, 0.05) is 33.2 Å². The molecule has 2 N–H and O–H groups in total. The highest BCUT2D eigenvalue weighted by molar-refractivity contribution is 14.0. The van der Waals surface area contributed by atoms with Crippen molar-refractivity contribution in [3.05, 3.63) is 0 Å². The highest BCUT2D eigenvalue weighted by Gasteiger charge is 2.27. The van der Waals surface area contributed by atoms with Gasteiger partial charge < -0.3 is 20.3 Å². The molecule has 0 aromatic rings. The minimum Gasteiger partial charge on any atom is -0.444 e. The molecule has 1 amide bonds. The number of hydrogen-bond donors (Lipinski definition) is 2. The molecule has 7 heteroatoms. The summed E-state index contributed by atoms with van der Waals surface area (Å²) in [5, 5.41) is 6.72. The first-order valence-electron chi connectivity index (χ1n) is 9.13. The Morgan fingerprint density at radius 1 is 1.32 bits per heavy atom. The number of amides is 1. The highest BCUT2D eigenvalue weighted by Crippen LogP contribution is 2.18. The predicted molar refractivity (Wildman–Crippen MR) is 115 cm³/mol. The van der Waals surface area contributed by atoms with E-state index >= 15 is 0 Å². The average Bonchev–Trinajstić information content (AvgIpc) is 2.49. The first kappa shape index (κ1) is 24.3. The summed E-state index contributed by atoms with van der Waals surface area (Å²) in [5.41, 5.74) is -0.440. The van der Waals surface area contributed by atoms with Crippen LogP contribution < -0.4 is 10.6 Å². The Bertz CT molecular complexity index is 422. The van der Waals surface area contributed by atoms with Crippen molar-refractivity contribution in [3.63, 3.8) is 0 Å². The van der Waals surface area contributed by atoms with Gasteiger partial charge in [-0.05, 0) is 51.9 Å². The van der Waals surface area contributed by atoms with Crippen molar-refractivity contribution in [2.24, 2.45) is 16.8 Å². The summed E-state index contributed by atoms with van der Waals surface area (Å²) >= 11 is 0. The summed E-state index contributed by atoms with van der Waals surface area (Å²) < 4.78 is 5.48. The van der Waals surface area contributed by atoms with Gasteiger partial charge in [-0.25, -0.2) is 4.79 Å². The maximum absolute atomic E-state index is 12.2. The summed E-state index contributed by atoms with van der Waals surface area (Å²) in [4.78, 5) is 18.3. The molecule has 25 heavy (non-hydrogen) atoms. The predicted octanol–water partition coefficient (Wildman–Crippen LogP) is 3.46. The number of carbonyl (C=O) groups excluding carboxylic acids is 1. The molecule has 1 saturated heterocycles. The van der Waals surface area contributed by atoms with Crippen LogP contribution in [0.2, 0.25) is 0 Å². The molecular formula is C18H37IN4O2. The number of nitrogens with zero attached hydrogens (tertiary/aromatic N) is 2. The molecule has 0 radical (unpaired) electrons. The summed E-state index contributed by atoms with van der Waals surface area (Å²) in [6, 6.07) is 0. The second-order valence-corrected chi connectivity index (χ2v) is 8.00. The Hall–Kier alpha value is -0.730. The van der Waals surface area contributed by atoms with Gasteiger partial charge in [0.25, 0.3) is 0 Å². The van der Waals surface area contributed by atoms with E-state index in [-0.39, 0.29) is 30.1 Å². The Balaban J connectivity index is 0.00000576. The zero-order chi connectivity index (χ0) is 18.2. The van der Waals surface area contributed by atoms with Gasteiger partial charge in [0.05, 0.1) is 0 Å². The number of guanidine groups is 1. The summed E-state index contributed by atoms with van der Waals surface area (Å²) in [6.45, 7) is 13.4. The van der Waals surface area contributed by atoms with E-state index in [1.807, 2.05) is 25.7 Å². The summed E-state index contributed by atoms with van der Waals surface area (Å²) in [6.07, 6.45) is 3.06. The summed E-state index contributed by atoms with van der Waals surface area (Å²) in [5.74, 6) is 1.94. The number of rotatable bonds is 5. The number of ether oxygens (including phenoxy) is 1. The molecule has 1 unspecified atom stereocenters. The van der Waals surface area contributed by atoms with Crippen molar-refractivity contribution in [1.29, 1.82) is 0 Å². The Morgan fingerprint density at radius 2 is 2.00 bits per heavy atom. The number of halogens is 1. The lowest BCUT2D eigenvalue weighted by atomic mass is 9.98. The molecule has 0 aliphatic carbocycles. The van der Waals surface area contributed by atoms with Crippen LogP contribution in [0.5, 0.6) is 0 Å². The normalized spacial score (nSPS) is 18.6. The van der Waals surface area contributed by atoms with Crippen LogP contribution in [0.4, 0.5) is 4.79 Å². The molecule has 0 saturated carbocycles. The molecule has 0 aromatic heterocycles. The number of hydrogen-bond acceptors (Lipinski definition) is 3. The molecule has 1 atom stereocenters. The van der Waals surface area contributed by atoms with E-state index in [4.69, 9.17) is 4.74 Å². The molecule has 6 nitrogen and oxygen atoms in total. The third-order valence-corrected chi connectivity index (χ3v) is 3.97. The van der Waals surface area contributed by atoms with Crippen LogP contribution in [0.1, 0.15) is 53.9 Å². The number of nitrogens with one attached hydrogen (secondary N) is 2. The third-order valence-electron chi connectivity index (χ3n) is 3.97. The van der Waals surface area contributed by atoms with Gasteiger partial charge in [0.15, 0.2) is 5.96 Å². The zero-order valence-electron chi connectivity index (χ0n) is 16.7. The monoisotopic (exact) mass is 468 g/mol. The van der Waals surface area contributed by atoms with E-state index in [1.54, 1.807) is 7.05 Å². The minimum absolute atomic E-state index is 0. The molecule has 148 valence electrons. The van der Waals surface area contributed by atoms with Gasteiger partial charge in [-0.15, -0.1) is 24.0 Å². The van der Waals surface area contributed by atoms with Crippen molar-refractivity contribution in [1.82, 2.24) is 15.5 Å². The zero-order valence-corrected chi connectivity index (χ0v) is 19.1. The fourth-order valence-electron chi connectivity index (χ4n) is 2.66. The van der Waals surface area contributed by atoms with Crippen LogP contribution in [0.15, 0.2) is 4.99 Å². The van der Waals surface area contributed by atoms with Gasteiger partial charge in [-0.1, -0.05) is 13.8 Å². The maximum atomic E-state index is 12.2. The van der Waals surface area contributed by atoms with Gasteiger partial charge in [-0.2, -0.15) is 0 Å². The van der Waals surface area contributed by atoms with Gasteiger partial charge in [0.1, 0.15) is 5.60 Å². The quantitative estimate of drug-likeness (QED) is 0.369. The fourth-order valence-corrected chi connectivity index (χ4v) is 2.66.